The van der Waals surface area contributed by atoms with Gasteiger partial charge < -0.3 is 15.2 Å². The van der Waals surface area contributed by atoms with Gasteiger partial charge in [-0.1, -0.05) is 0 Å². The van der Waals surface area contributed by atoms with Gasteiger partial charge in [0.05, 0.1) is 19.8 Å². The van der Waals surface area contributed by atoms with Crippen molar-refractivity contribution in [2.45, 2.75) is 19.3 Å². The number of hydrogen-bond donors (Lipinski definition) is 1. The van der Waals surface area contributed by atoms with Gasteiger partial charge in [0.1, 0.15) is 16.5 Å². The Labute approximate surface area is 108 Å². The van der Waals surface area contributed by atoms with E-state index in [4.69, 9.17) is 15.2 Å². The highest BCUT2D eigenvalue weighted by Crippen LogP contribution is 2.31. The SMILES string of the molecule is CC1(c2csc(Cn3ccc(N)n3)n2)OCCO1. The molecule has 7 heteroatoms. The third-order valence-electron chi connectivity index (χ3n) is 2.81. The minimum Gasteiger partial charge on any atom is -0.382 e. The molecule has 0 amide bonds. The van der Waals surface area contributed by atoms with E-state index in [1.54, 1.807) is 22.1 Å². The molecule has 0 unspecified atom stereocenters. The Kier molecular flexibility index (Phi) is 2.81. The maximum absolute atomic E-state index is 5.57. The van der Waals surface area contributed by atoms with Gasteiger partial charge in [-0.2, -0.15) is 5.10 Å². The molecule has 1 saturated heterocycles. The third kappa shape index (κ3) is 2.12. The first-order chi connectivity index (χ1) is 8.66. The zero-order valence-corrected chi connectivity index (χ0v) is 10.8. The molecular formula is C11H14N4O2S. The van der Waals surface area contributed by atoms with Crippen LogP contribution in [0.5, 0.6) is 0 Å². The first kappa shape index (κ1) is 11.6. The average molecular weight is 266 g/mol. The quantitative estimate of drug-likeness (QED) is 0.903. The third-order valence-corrected chi connectivity index (χ3v) is 3.65. The monoisotopic (exact) mass is 266 g/mol. The van der Waals surface area contributed by atoms with Crippen molar-refractivity contribution in [3.05, 3.63) is 28.3 Å². The van der Waals surface area contributed by atoms with Gasteiger partial charge >= 0.3 is 0 Å². The number of aromatic nitrogens is 3. The minimum absolute atomic E-state index is 0.515. The summed E-state index contributed by atoms with van der Waals surface area (Å²) in [4.78, 5) is 4.54. The van der Waals surface area contributed by atoms with Crippen LogP contribution in [0, 0.1) is 0 Å². The highest BCUT2D eigenvalue weighted by atomic mass is 32.1. The van der Waals surface area contributed by atoms with E-state index < -0.39 is 5.79 Å². The number of anilines is 1. The molecule has 3 heterocycles. The Balaban J connectivity index is 1.77. The van der Waals surface area contributed by atoms with Crippen LogP contribution in [0.2, 0.25) is 0 Å². The highest BCUT2D eigenvalue weighted by molar-refractivity contribution is 7.09. The first-order valence-corrected chi connectivity index (χ1v) is 6.55. The standard InChI is InChI=1S/C11H14N4O2S/c1-11(16-4-5-17-11)8-7-18-10(13-8)6-15-3-2-9(12)14-15/h2-3,7H,4-6H2,1H3,(H2,12,14). The van der Waals surface area contributed by atoms with E-state index in [1.807, 2.05) is 18.5 Å². The minimum atomic E-state index is -0.697. The fraction of sp³-hybridized carbons (Fsp3) is 0.455. The van der Waals surface area contributed by atoms with Gasteiger partial charge in [-0.3, -0.25) is 4.68 Å². The van der Waals surface area contributed by atoms with Crippen molar-refractivity contribution in [3.8, 4) is 0 Å². The van der Waals surface area contributed by atoms with Crippen molar-refractivity contribution in [2.24, 2.45) is 0 Å². The summed E-state index contributed by atoms with van der Waals surface area (Å²) in [5.41, 5.74) is 6.39. The summed E-state index contributed by atoms with van der Waals surface area (Å²) >= 11 is 1.57. The molecule has 1 aliphatic heterocycles. The van der Waals surface area contributed by atoms with Crippen LogP contribution in [-0.4, -0.2) is 28.0 Å². The fourth-order valence-electron chi connectivity index (χ4n) is 1.86. The summed E-state index contributed by atoms with van der Waals surface area (Å²) in [6, 6.07) is 1.76. The molecular weight excluding hydrogens is 252 g/mol. The van der Waals surface area contributed by atoms with Crippen LogP contribution in [0.15, 0.2) is 17.6 Å². The number of nitrogens with zero attached hydrogens (tertiary/aromatic N) is 3. The van der Waals surface area contributed by atoms with E-state index >= 15 is 0 Å². The average Bonchev–Trinajstić information content (AvgIpc) is 3.02. The molecule has 3 rings (SSSR count). The van der Waals surface area contributed by atoms with E-state index in [0.717, 1.165) is 10.7 Å². The summed E-state index contributed by atoms with van der Waals surface area (Å²) in [6.07, 6.45) is 1.83. The summed E-state index contributed by atoms with van der Waals surface area (Å²) in [5.74, 6) is -0.182. The molecule has 1 aliphatic rings. The molecule has 0 radical (unpaired) electrons. The van der Waals surface area contributed by atoms with E-state index in [1.165, 1.54) is 0 Å². The van der Waals surface area contributed by atoms with Crippen LogP contribution in [0.1, 0.15) is 17.6 Å². The van der Waals surface area contributed by atoms with Crippen molar-refractivity contribution in [1.29, 1.82) is 0 Å². The number of rotatable bonds is 3. The maximum atomic E-state index is 5.57. The Hall–Kier alpha value is -1.44. The fourth-order valence-corrected chi connectivity index (χ4v) is 2.73. The molecule has 96 valence electrons. The highest BCUT2D eigenvalue weighted by Gasteiger charge is 2.35. The lowest BCUT2D eigenvalue weighted by Crippen LogP contribution is -2.22. The van der Waals surface area contributed by atoms with Gasteiger partial charge in [-0.15, -0.1) is 11.3 Å². The predicted octanol–water partition coefficient (Wildman–Crippen LogP) is 1.19. The second-order valence-corrected chi connectivity index (χ2v) is 5.15. The van der Waals surface area contributed by atoms with Crippen molar-refractivity contribution < 1.29 is 9.47 Å². The zero-order valence-electron chi connectivity index (χ0n) is 10.00. The van der Waals surface area contributed by atoms with Gasteiger partial charge in [0.15, 0.2) is 0 Å². The molecule has 0 aromatic carbocycles. The second-order valence-electron chi connectivity index (χ2n) is 4.21. The molecule has 0 spiro atoms. The van der Waals surface area contributed by atoms with Crippen LogP contribution in [0.4, 0.5) is 5.82 Å². The molecule has 2 N–H and O–H groups in total. The van der Waals surface area contributed by atoms with Crippen LogP contribution < -0.4 is 5.73 Å². The summed E-state index contributed by atoms with van der Waals surface area (Å²) in [7, 11) is 0. The Morgan fingerprint density at radius 1 is 1.50 bits per heavy atom. The van der Waals surface area contributed by atoms with Crippen LogP contribution in [0.3, 0.4) is 0 Å². The predicted molar refractivity (Wildman–Crippen MR) is 67.1 cm³/mol. The van der Waals surface area contributed by atoms with E-state index in [9.17, 15) is 0 Å². The van der Waals surface area contributed by atoms with E-state index in [-0.39, 0.29) is 0 Å². The molecule has 2 aromatic heterocycles. The van der Waals surface area contributed by atoms with E-state index in [2.05, 4.69) is 10.1 Å². The lowest BCUT2D eigenvalue weighted by atomic mass is 10.2. The van der Waals surface area contributed by atoms with Gasteiger partial charge in [0, 0.05) is 11.6 Å². The summed E-state index contributed by atoms with van der Waals surface area (Å²) in [6.45, 7) is 3.72. The Morgan fingerprint density at radius 3 is 2.94 bits per heavy atom. The van der Waals surface area contributed by atoms with Crippen molar-refractivity contribution in [1.82, 2.24) is 14.8 Å². The lowest BCUT2D eigenvalue weighted by molar-refractivity contribution is -0.152. The number of nitrogens with two attached hydrogens (primary N) is 1. The molecule has 0 saturated carbocycles. The topological polar surface area (TPSA) is 75.2 Å². The molecule has 0 aliphatic carbocycles. The van der Waals surface area contributed by atoms with Gasteiger partial charge in [0.2, 0.25) is 5.79 Å². The van der Waals surface area contributed by atoms with Crippen LogP contribution >= 0.6 is 11.3 Å². The molecule has 0 bridgehead atoms. The van der Waals surface area contributed by atoms with Crippen LogP contribution in [0.25, 0.3) is 0 Å². The molecule has 0 atom stereocenters. The number of thiazole rings is 1. The van der Waals surface area contributed by atoms with E-state index in [0.29, 0.717) is 25.6 Å². The normalized spacial score (nSPS) is 18.3. The van der Waals surface area contributed by atoms with Crippen molar-refractivity contribution in [3.63, 3.8) is 0 Å². The summed E-state index contributed by atoms with van der Waals surface area (Å²) in [5, 5.41) is 7.05. The van der Waals surface area contributed by atoms with Gasteiger partial charge in [-0.05, 0) is 13.0 Å². The smallest absolute Gasteiger partial charge is 0.210 e. The van der Waals surface area contributed by atoms with Gasteiger partial charge in [0.25, 0.3) is 0 Å². The largest absolute Gasteiger partial charge is 0.382 e. The lowest BCUT2D eigenvalue weighted by Gasteiger charge is -2.19. The second kappa shape index (κ2) is 4.34. The van der Waals surface area contributed by atoms with Crippen molar-refractivity contribution >= 4 is 17.2 Å². The molecule has 1 fully saturated rings. The number of nitrogen functional groups attached to an aromatic ring is 1. The van der Waals surface area contributed by atoms with Crippen LogP contribution in [-0.2, 0) is 21.8 Å². The number of ether oxygens (including phenoxy) is 2. The Bertz CT molecular complexity index is 545. The summed E-state index contributed by atoms with van der Waals surface area (Å²) < 4.78 is 12.9. The first-order valence-electron chi connectivity index (χ1n) is 5.67. The number of hydrogen-bond acceptors (Lipinski definition) is 6. The van der Waals surface area contributed by atoms with Crippen molar-refractivity contribution in [2.75, 3.05) is 18.9 Å². The Morgan fingerprint density at radius 2 is 2.28 bits per heavy atom. The zero-order chi connectivity index (χ0) is 12.6. The molecule has 6 nitrogen and oxygen atoms in total. The molecule has 2 aromatic rings. The maximum Gasteiger partial charge on any atom is 0.210 e. The van der Waals surface area contributed by atoms with Gasteiger partial charge in [-0.25, -0.2) is 4.98 Å². The molecule has 18 heavy (non-hydrogen) atoms.